The summed E-state index contributed by atoms with van der Waals surface area (Å²) in [5.74, 6) is 0.240. The number of ether oxygens (including phenoxy) is 2. The van der Waals surface area contributed by atoms with Gasteiger partial charge in [0.1, 0.15) is 12.2 Å². The molecule has 366 valence electrons. The molecule has 0 bridgehead atoms. The van der Waals surface area contributed by atoms with Crippen molar-refractivity contribution in [1.82, 2.24) is 4.90 Å². The highest BCUT2D eigenvalue weighted by Crippen LogP contribution is 2.17. The highest BCUT2D eigenvalue weighted by atomic mass is 16.5. The Kier molecular flexibility index (Phi) is 50.9. The molecule has 0 aliphatic rings. The monoisotopic (exact) mass is 878 g/mol. The Bertz CT molecular complexity index is 1100. The van der Waals surface area contributed by atoms with Crippen molar-refractivity contribution in [2.24, 2.45) is 0 Å². The lowest BCUT2D eigenvalue weighted by Gasteiger charge is -2.29. The van der Waals surface area contributed by atoms with Crippen molar-refractivity contribution < 1.29 is 14.3 Å². The second-order valence-corrected chi connectivity index (χ2v) is 18.6. The average molecular weight is 879 g/mol. The predicted octanol–water partition coefficient (Wildman–Crippen LogP) is 18.3. The number of hydrogen-bond donors (Lipinski definition) is 0. The number of hydrogen-bond acceptors (Lipinski definition) is 4. The molecule has 0 rings (SSSR count). The van der Waals surface area contributed by atoms with Gasteiger partial charge in [-0.1, -0.05) is 203 Å². The van der Waals surface area contributed by atoms with Crippen molar-refractivity contribution in [2.75, 3.05) is 33.9 Å². The maximum absolute atomic E-state index is 13.8. The van der Waals surface area contributed by atoms with Gasteiger partial charge in [-0.25, -0.2) is 0 Å². The largest absolute Gasteiger partial charge is 0.374 e. The molecule has 2 atom stereocenters. The standard InChI is InChI=1S/C59H107NO3/c1-6-9-12-15-18-21-24-27-30-33-36-39-42-45-48-51-54-62-58(56-60(4)5)59(57(61)53-50-47-44-41-38-35-32-29-26-23-20-17-14-11-8-3)63-55-52-49-46-43-40-37-34-31-28-25-22-19-16-13-10-7-2/h18-23,27-32,58-59H,6-17,24-26,33-56H2,1-5H3/b21-18-,22-19-,23-20-,30-27-,31-28-,32-29-. The van der Waals surface area contributed by atoms with Gasteiger partial charge in [-0.15, -0.1) is 0 Å². The molecule has 0 saturated heterocycles. The Balaban J connectivity index is 4.69. The van der Waals surface area contributed by atoms with E-state index in [0.29, 0.717) is 26.2 Å². The van der Waals surface area contributed by atoms with Crippen LogP contribution in [-0.4, -0.2) is 56.7 Å². The Morgan fingerprint density at radius 3 is 1.03 bits per heavy atom. The van der Waals surface area contributed by atoms with E-state index >= 15 is 0 Å². The van der Waals surface area contributed by atoms with Crippen molar-refractivity contribution >= 4 is 5.78 Å². The number of carbonyl (C=O) groups excluding carboxylic acids is 1. The summed E-state index contributed by atoms with van der Waals surface area (Å²) in [7, 11) is 4.17. The molecule has 0 aromatic carbocycles. The molecule has 0 spiro atoms. The number of Topliss-reactive ketones (excluding diaryl/α,β-unsaturated/α-hetero) is 1. The molecule has 0 radical (unpaired) electrons. The van der Waals surface area contributed by atoms with Crippen LogP contribution in [0.5, 0.6) is 0 Å². The van der Waals surface area contributed by atoms with Gasteiger partial charge in [0.2, 0.25) is 0 Å². The number of allylic oxidation sites excluding steroid dienone is 12. The molecule has 4 heteroatoms. The third-order valence-corrected chi connectivity index (χ3v) is 11.9. The predicted molar refractivity (Wildman–Crippen MR) is 281 cm³/mol. The van der Waals surface area contributed by atoms with Gasteiger partial charge in [0.25, 0.3) is 0 Å². The number of likely N-dealkylation sites (N-methyl/N-ethyl adjacent to an activating group) is 1. The molecule has 63 heavy (non-hydrogen) atoms. The molecule has 0 N–H and O–H groups in total. The van der Waals surface area contributed by atoms with Crippen LogP contribution < -0.4 is 0 Å². The van der Waals surface area contributed by atoms with Crippen LogP contribution in [0.15, 0.2) is 72.9 Å². The van der Waals surface area contributed by atoms with Crippen molar-refractivity contribution in [3.63, 3.8) is 0 Å². The fraction of sp³-hybridized carbons (Fsp3) is 0.780. The van der Waals surface area contributed by atoms with Crippen LogP contribution in [0.1, 0.15) is 252 Å². The zero-order valence-corrected chi connectivity index (χ0v) is 42.8. The van der Waals surface area contributed by atoms with Crippen LogP contribution in [-0.2, 0) is 14.3 Å². The highest BCUT2D eigenvalue weighted by molar-refractivity contribution is 5.83. The fourth-order valence-electron chi connectivity index (χ4n) is 7.88. The van der Waals surface area contributed by atoms with E-state index in [0.717, 1.165) is 57.8 Å². The summed E-state index contributed by atoms with van der Waals surface area (Å²) in [4.78, 5) is 16.0. The van der Waals surface area contributed by atoms with Crippen LogP contribution >= 0.6 is 0 Å². The normalized spacial score (nSPS) is 13.6. The quantitative estimate of drug-likeness (QED) is 0.0451. The first-order valence-electron chi connectivity index (χ1n) is 27.4. The van der Waals surface area contributed by atoms with Crippen LogP contribution in [0.25, 0.3) is 0 Å². The Morgan fingerprint density at radius 1 is 0.381 bits per heavy atom. The Hall–Kier alpha value is -2.01. The van der Waals surface area contributed by atoms with Gasteiger partial charge >= 0.3 is 0 Å². The second kappa shape index (κ2) is 52.6. The van der Waals surface area contributed by atoms with E-state index in [-0.39, 0.29) is 11.9 Å². The zero-order valence-electron chi connectivity index (χ0n) is 42.8. The maximum atomic E-state index is 13.8. The van der Waals surface area contributed by atoms with Crippen molar-refractivity contribution in [3.05, 3.63) is 72.9 Å². The average Bonchev–Trinajstić information content (AvgIpc) is 3.27. The summed E-state index contributed by atoms with van der Waals surface area (Å²) in [6.45, 7) is 8.85. The van der Waals surface area contributed by atoms with Gasteiger partial charge < -0.3 is 14.4 Å². The van der Waals surface area contributed by atoms with Crippen LogP contribution in [0.4, 0.5) is 0 Å². The molecular weight excluding hydrogens is 771 g/mol. The van der Waals surface area contributed by atoms with Gasteiger partial charge in [-0.05, 0) is 130 Å². The van der Waals surface area contributed by atoms with E-state index in [1.165, 1.54) is 167 Å². The van der Waals surface area contributed by atoms with Crippen molar-refractivity contribution in [1.29, 1.82) is 0 Å². The van der Waals surface area contributed by atoms with Gasteiger partial charge in [0.15, 0.2) is 5.78 Å². The smallest absolute Gasteiger partial charge is 0.164 e. The summed E-state index contributed by atoms with van der Waals surface area (Å²) in [5, 5.41) is 0. The van der Waals surface area contributed by atoms with E-state index in [9.17, 15) is 4.79 Å². The first-order valence-corrected chi connectivity index (χ1v) is 27.4. The van der Waals surface area contributed by atoms with Crippen LogP contribution in [0.2, 0.25) is 0 Å². The van der Waals surface area contributed by atoms with Gasteiger partial charge in [-0.2, -0.15) is 0 Å². The lowest BCUT2D eigenvalue weighted by Crippen LogP contribution is -2.44. The summed E-state index contributed by atoms with van der Waals surface area (Å²) >= 11 is 0. The maximum Gasteiger partial charge on any atom is 0.164 e. The molecule has 0 aliphatic carbocycles. The SMILES string of the molecule is CCCCC/C=C\C/C=C\CCCCCCCCOC(CN(C)C)C(OCCCCCCCC/C=C\C/C=C\CCCCC)C(=O)CCCCCCC/C=C\C/C=C\CCCCC. The van der Waals surface area contributed by atoms with E-state index < -0.39 is 6.10 Å². The first kappa shape index (κ1) is 61.0. The van der Waals surface area contributed by atoms with Crippen LogP contribution in [0.3, 0.4) is 0 Å². The summed E-state index contributed by atoms with van der Waals surface area (Å²) < 4.78 is 13.1. The lowest BCUT2D eigenvalue weighted by molar-refractivity contribution is -0.144. The summed E-state index contributed by atoms with van der Waals surface area (Å²) in [5.41, 5.74) is 0. The zero-order chi connectivity index (χ0) is 45.8. The minimum Gasteiger partial charge on any atom is -0.374 e. The van der Waals surface area contributed by atoms with Crippen LogP contribution in [0, 0.1) is 0 Å². The number of unbranched alkanes of at least 4 members (excludes halogenated alkanes) is 26. The van der Waals surface area contributed by atoms with E-state index in [1.807, 2.05) is 0 Å². The number of ketones is 1. The third-order valence-electron chi connectivity index (χ3n) is 11.9. The number of carbonyl (C=O) groups is 1. The lowest BCUT2D eigenvalue weighted by atomic mass is 10.0. The van der Waals surface area contributed by atoms with Crippen molar-refractivity contribution in [2.45, 2.75) is 264 Å². The molecule has 0 heterocycles. The Morgan fingerprint density at radius 2 is 0.683 bits per heavy atom. The van der Waals surface area contributed by atoms with Gasteiger partial charge in [-0.3, -0.25) is 4.79 Å². The molecule has 0 saturated carbocycles. The molecule has 0 aliphatic heterocycles. The molecule has 0 aromatic rings. The summed E-state index contributed by atoms with van der Waals surface area (Å²) in [6, 6.07) is 0. The molecule has 0 aromatic heterocycles. The van der Waals surface area contributed by atoms with E-state index in [1.54, 1.807) is 0 Å². The van der Waals surface area contributed by atoms with Gasteiger partial charge in [0, 0.05) is 26.2 Å². The van der Waals surface area contributed by atoms with Gasteiger partial charge in [0.05, 0.1) is 0 Å². The minimum atomic E-state index is -0.471. The highest BCUT2D eigenvalue weighted by Gasteiger charge is 2.30. The minimum absolute atomic E-state index is 0.215. The molecule has 0 amide bonds. The number of nitrogens with zero attached hydrogens (tertiary/aromatic N) is 1. The third kappa shape index (κ3) is 47.8. The van der Waals surface area contributed by atoms with Crippen molar-refractivity contribution in [3.8, 4) is 0 Å². The first-order chi connectivity index (χ1) is 31.1. The summed E-state index contributed by atoms with van der Waals surface area (Å²) in [6.07, 6.45) is 70.5. The molecule has 4 nitrogen and oxygen atoms in total. The van der Waals surface area contributed by atoms with E-state index in [4.69, 9.17) is 9.47 Å². The van der Waals surface area contributed by atoms with E-state index in [2.05, 4.69) is 113 Å². The fourth-order valence-corrected chi connectivity index (χ4v) is 7.88. The molecule has 0 fully saturated rings. The topological polar surface area (TPSA) is 38.8 Å². The second-order valence-electron chi connectivity index (χ2n) is 18.6. The number of rotatable bonds is 50. The molecular formula is C59H107NO3. The molecule has 2 unspecified atom stereocenters. The Labute approximate surface area is 394 Å².